The lowest BCUT2D eigenvalue weighted by Crippen LogP contribution is -2.52. The average molecular weight is 429 g/mol. The molecule has 3 aliphatic rings. The van der Waals surface area contributed by atoms with E-state index in [4.69, 9.17) is 11.6 Å². The maximum absolute atomic E-state index is 13.2. The number of halogens is 1. The molecule has 7 heteroatoms. The fourth-order valence-electron chi connectivity index (χ4n) is 5.55. The number of rotatable bonds is 1. The van der Waals surface area contributed by atoms with Crippen LogP contribution in [-0.2, 0) is 16.0 Å². The number of H-pyrrole nitrogens is 1. The molecule has 0 bridgehead atoms. The van der Waals surface area contributed by atoms with Crippen LogP contribution in [0.4, 0.5) is 5.69 Å². The Morgan fingerprint density at radius 1 is 1.19 bits per heavy atom. The van der Waals surface area contributed by atoms with Gasteiger partial charge in [0.15, 0.2) is 0 Å². The second kappa shape index (κ2) is 5.99. The summed E-state index contributed by atoms with van der Waals surface area (Å²) in [5.41, 5.74) is 5.01. The van der Waals surface area contributed by atoms with E-state index in [-0.39, 0.29) is 11.5 Å². The molecule has 0 saturated carbocycles. The Morgan fingerprint density at radius 3 is 2.84 bits per heavy atom. The van der Waals surface area contributed by atoms with Crippen molar-refractivity contribution in [3.63, 3.8) is 0 Å². The molecule has 3 N–H and O–H groups in total. The van der Waals surface area contributed by atoms with Crippen molar-refractivity contribution >= 4 is 45.6 Å². The number of aromatic nitrogens is 1. The van der Waals surface area contributed by atoms with Crippen molar-refractivity contribution in [3.05, 3.63) is 69.4 Å². The molecule has 2 amide bonds. The molecule has 6 rings (SSSR count). The Hall–Kier alpha value is -3.56. The van der Waals surface area contributed by atoms with Crippen molar-refractivity contribution in [1.82, 2.24) is 10.3 Å². The van der Waals surface area contributed by atoms with Gasteiger partial charge in [-0.3, -0.25) is 9.59 Å². The summed E-state index contributed by atoms with van der Waals surface area (Å²) in [6.45, 7) is 2.04. The monoisotopic (exact) mass is 428 g/mol. The first-order valence-electron chi connectivity index (χ1n) is 10.1. The molecule has 31 heavy (non-hydrogen) atoms. The Kier molecular flexibility index (Phi) is 3.52. The maximum atomic E-state index is 13.2. The number of nitrogens with one attached hydrogen (secondary N) is 3. The zero-order chi connectivity index (χ0) is 21.5. The van der Waals surface area contributed by atoms with Crippen molar-refractivity contribution in [2.24, 2.45) is 0 Å². The first kappa shape index (κ1) is 18.2. The fourth-order valence-corrected chi connectivity index (χ4v) is 5.73. The number of carbonyl (C=O) groups is 2. The minimum atomic E-state index is -1.01. The van der Waals surface area contributed by atoms with Crippen LogP contribution >= 0.6 is 11.6 Å². The van der Waals surface area contributed by atoms with Gasteiger partial charge in [0.1, 0.15) is 11.6 Å². The molecule has 0 spiro atoms. The summed E-state index contributed by atoms with van der Waals surface area (Å²) in [4.78, 5) is 29.6. The number of fused-ring (bicyclic) bond motifs is 6. The normalized spacial score (nSPS) is 23.8. The van der Waals surface area contributed by atoms with Crippen LogP contribution in [0.5, 0.6) is 0 Å². The summed E-state index contributed by atoms with van der Waals surface area (Å²) in [6.07, 6.45) is 1.18. The number of amides is 2. The van der Waals surface area contributed by atoms with E-state index in [2.05, 4.69) is 27.8 Å². The van der Waals surface area contributed by atoms with Gasteiger partial charge in [-0.05, 0) is 61.2 Å². The third kappa shape index (κ3) is 2.27. The Bertz CT molecular complexity index is 1430. The van der Waals surface area contributed by atoms with Gasteiger partial charge in [-0.1, -0.05) is 23.2 Å². The highest BCUT2D eigenvalue weighted by atomic mass is 35.5. The van der Waals surface area contributed by atoms with Crippen molar-refractivity contribution in [3.8, 4) is 6.07 Å². The largest absolute Gasteiger partial charge is 0.354 e. The maximum Gasteiger partial charge on any atom is 0.263 e. The zero-order valence-electron chi connectivity index (χ0n) is 16.6. The fraction of sp³-hybridized carbons (Fsp3) is 0.208. The molecule has 3 aromatic rings. The first-order valence-corrected chi connectivity index (χ1v) is 10.5. The van der Waals surface area contributed by atoms with E-state index in [9.17, 15) is 14.9 Å². The van der Waals surface area contributed by atoms with Crippen molar-refractivity contribution in [2.75, 3.05) is 5.32 Å². The Labute approximate surface area is 182 Å². The van der Waals surface area contributed by atoms with E-state index in [1.54, 1.807) is 18.2 Å². The van der Waals surface area contributed by atoms with Gasteiger partial charge in [0, 0.05) is 32.9 Å². The number of hydrogen-bond acceptors (Lipinski definition) is 3. The summed E-state index contributed by atoms with van der Waals surface area (Å²) >= 11 is 6.25. The Morgan fingerprint density at radius 2 is 2.03 bits per heavy atom. The van der Waals surface area contributed by atoms with Crippen molar-refractivity contribution < 1.29 is 9.59 Å². The van der Waals surface area contributed by atoms with Crippen LogP contribution in [0, 0.1) is 18.3 Å². The molecule has 6 nitrogen and oxygen atoms in total. The van der Waals surface area contributed by atoms with E-state index in [1.165, 1.54) is 0 Å². The van der Waals surface area contributed by atoms with Crippen LogP contribution in [0.2, 0.25) is 5.02 Å². The lowest BCUT2D eigenvalue weighted by atomic mass is 9.67. The molecule has 2 unspecified atom stereocenters. The van der Waals surface area contributed by atoms with Gasteiger partial charge in [-0.25, -0.2) is 0 Å². The molecule has 3 heterocycles. The zero-order valence-corrected chi connectivity index (χ0v) is 17.4. The summed E-state index contributed by atoms with van der Waals surface area (Å²) in [6, 6.07) is 13.5. The van der Waals surface area contributed by atoms with Gasteiger partial charge in [-0.2, -0.15) is 5.26 Å². The van der Waals surface area contributed by atoms with Crippen LogP contribution in [0.15, 0.2) is 42.0 Å². The minimum Gasteiger partial charge on any atom is -0.354 e. The van der Waals surface area contributed by atoms with Crippen LogP contribution in [0.25, 0.3) is 16.5 Å². The number of carbonyl (C=O) groups excluding carboxylic acids is 2. The van der Waals surface area contributed by atoms with Gasteiger partial charge in [0.2, 0.25) is 5.91 Å². The van der Waals surface area contributed by atoms with Gasteiger partial charge in [-0.15, -0.1) is 0 Å². The molecule has 0 radical (unpaired) electrons. The summed E-state index contributed by atoms with van der Waals surface area (Å²) in [7, 11) is 0. The van der Waals surface area contributed by atoms with E-state index < -0.39 is 17.4 Å². The third-order valence-electron chi connectivity index (χ3n) is 6.79. The highest BCUT2D eigenvalue weighted by Crippen LogP contribution is 2.54. The number of aromatic amines is 1. The van der Waals surface area contributed by atoms with Gasteiger partial charge >= 0.3 is 0 Å². The molecule has 0 fully saturated rings. The first-order chi connectivity index (χ1) is 14.9. The predicted octanol–water partition coefficient (Wildman–Crippen LogP) is 3.96. The SMILES string of the molecule is Cc1ccc2[nH]c3c(c2c1)CCC1(C2C(=O)Nc4ccc(Cl)cc42)NC(=O)C(C#N)=C31. The highest BCUT2D eigenvalue weighted by molar-refractivity contribution is 6.31. The smallest absolute Gasteiger partial charge is 0.263 e. The molecule has 2 aromatic carbocycles. The molecule has 0 saturated heterocycles. The standard InChI is InChI=1S/C24H17ClN4O2/c1-11-2-4-17-14(8-11)13-6-7-24(19(21(13)27-17)16(10-26)22(30)29-24)20-15-9-12(25)3-5-18(15)28-23(20)31/h2-5,8-9,20,27H,6-7H2,1H3,(H,28,31)(H,29,30). The Balaban J connectivity index is 1.64. The molecular formula is C24H17ClN4O2. The van der Waals surface area contributed by atoms with Gasteiger partial charge < -0.3 is 15.6 Å². The predicted molar refractivity (Wildman–Crippen MR) is 118 cm³/mol. The lowest BCUT2D eigenvalue weighted by Gasteiger charge is -2.40. The van der Waals surface area contributed by atoms with Crippen LogP contribution in [0.3, 0.4) is 0 Å². The van der Waals surface area contributed by atoms with Gasteiger partial charge in [0.05, 0.1) is 11.5 Å². The van der Waals surface area contributed by atoms with Crippen LogP contribution in [0.1, 0.15) is 34.7 Å². The van der Waals surface area contributed by atoms with E-state index >= 15 is 0 Å². The number of benzene rings is 2. The van der Waals surface area contributed by atoms with Crippen molar-refractivity contribution in [1.29, 1.82) is 5.26 Å². The highest BCUT2D eigenvalue weighted by Gasteiger charge is 2.58. The molecule has 2 aliphatic heterocycles. The average Bonchev–Trinajstić information content (AvgIpc) is 3.35. The molecule has 1 aromatic heterocycles. The minimum absolute atomic E-state index is 0.0625. The molecule has 2 atom stereocenters. The number of anilines is 1. The molecule has 1 aliphatic carbocycles. The number of aryl methyl sites for hydroxylation is 2. The van der Waals surface area contributed by atoms with Crippen LogP contribution in [-0.4, -0.2) is 22.3 Å². The van der Waals surface area contributed by atoms with E-state index in [0.717, 1.165) is 33.3 Å². The second-order valence-corrected chi connectivity index (χ2v) is 8.91. The van der Waals surface area contributed by atoms with Crippen molar-refractivity contribution in [2.45, 2.75) is 31.2 Å². The third-order valence-corrected chi connectivity index (χ3v) is 7.03. The number of nitrogens with zero attached hydrogens (tertiary/aromatic N) is 1. The van der Waals surface area contributed by atoms with E-state index in [1.807, 2.05) is 19.1 Å². The lowest BCUT2D eigenvalue weighted by molar-refractivity contribution is -0.120. The quantitative estimate of drug-likeness (QED) is 0.547. The van der Waals surface area contributed by atoms with E-state index in [0.29, 0.717) is 29.1 Å². The number of hydrogen-bond donors (Lipinski definition) is 3. The summed E-state index contributed by atoms with van der Waals surface area (Å²) < 4.78 is 0. The summed E-state index contributed by atoms with van der Waals surface area (Å²) in [5, 5.41) is 17.4. The van der Waals surface area contributed by atoms with Gasteiger partial charge in [0.25, 0.3) is 5.91 Å². The number of nitriles is 1. The topological polar surface area (TPSA) is 97.8 Å². The molecule has 152 valence electrons. The second-order valence-electron chi connectivity index (χ2n) is 8.47. The summed E-state index contributed by atoms with van der Waals surface area (Å²) in [5.74, 6) is -1.32. The molecular weight excluding hydrogens is 412 g/mol. The van der Waals surface area contributed by atoms with Crippen LogP contribution < -0.4 is 10.6 Å².